The van der Waals surface area contributed by atoms with E-state index >= 15 is 0 Å². The SMILES string of the molecule is CC[C@H](C)[C@H](CC(=O)OC)NC(=O)OCC1c2ccccc2-c2ccccc21. The van der Waals surface area contributed by atoms with Crippen molar-refractivity contribution in [1.82, 2.24) is 5.32 Å². The third kappa shape index (κ3) is 4.19. The summed E-state index contributed by atoms with van der Waals surface area (Å²) in [5.74, 6) is -0.190. The first kappa shape index (κ1) is 19.9. The van der Waals surface area contributed by atoms with E-state index in [1.165, 1.54) is 29.4 Å². The summed E-state index contributed by atoms with van der Waals surface area (Å²) in [5.41, 5.74) is 4.72. The average Bonchev–Trinajstić information content (AvgIpc) is 3.05. The van der Waals surface area contributed by atoms with Crippen LogP contribution in [0.4, 0.5) is 4.79 Å². The number of nitrogens with one attached hydrogen (secondary N) is 1. The topological polar surface area (TPSA) is 64.6 Å². The molecule has 1 amide bonds. The van der Waals surface area contributed by atoms with Gasteiger partial charge in [0.15, 0.2) is 0 Å². The van der Waals surface area contributed by atoms with E-state index in [4.69, 9.17) is 9.47 Å². The zero-order chi connectivity index (χ0) is 20.1. The molecule has 3 rings (SSSR count). The smallest absolute Gasteiger partial charge is 0.407 e. The largest absolute Gasteiger partial charge is 0.469 e. The maximum Gasteiger partial charge on any atom is 0.407 e. The lowest BCUT2D eigenvalue weighted by Crippen LogP contribution is -2.41. The Hall–Kier alpha value is -2.82. The maximum atomic E-state index is 12.4. The standard InChI is InChI=1S/C23H27NO4/c1-4-15(2)21(13-22(25)27-3)24-23(26)28-14-20-18-11-7-5-9-16(18)17-10-6-8-12-19(17)20/h5-12,15,20-21H,4,13-14H2,1-3H3,(H,24,26)/t15-,21-/m0/s1. The van der Waals surface area contributed by atoms with Crippen LogP contribution in [-0.4, -0.2) is 31.8 Å². The molecule has 0 unspecified atom stereocenters. The number of amides is 1. The van der Waals surface area contributed by atoms with E-state index in [2.05, 4.69) is 29.6 Å². The number of carbonyl (C=O) groups is 2. The summed E-state index contributed by atoms with van der Waals surface area (Å²) >= 11 is 0. The fourth-order valence-electron chi connectivity index (χ4n) is 3.73. The van der Waals surface area contributed by atoms with Crippen molar-refractivity contribution in [2.45, 2.75) is 38.6 Å². The van der Waals surface area contributed by atoms with Crippen molar-refractivity contribution < 1.29 is 19.1 Å². The number of ether oxygens (including phenoxy) is 2. The highest BCUT2D eigenvalue weighted by molar-refractivity contribution is 5.79. The van der Waals surface area contributed by atoms with Gasteiger partial charge in [-0.25, -0.2) is 4.79 Å². The van der Waals surface area contributed by atoms with Crippen LogP contribution in [0, 0.1) is 5.92 Å². The fourth-order valence-corrected chi connectivity index (χ4v) is 3.73. The summed E-state index contributed by atoms with van der Waals surface area (Å²) in [4.78, 5) is 24.1. The lowest BCUT2D eigenvalue weighted by atomic mass is 9.96. The molecule has 1 aliphatic rings. The van der Waals surface area contributed by atoms with E-state index in [1.54, 1.807) is 0 Å². The molecular formula is C23H27NO4. The second kappa shape index (κ2) is 8.91. The summed E-state index contributed by atoms with van der Waals surface area (Å²) in [6, 6.07) is 16.1. The molecule has 0 heterocycles. The molecule has 2 aromatic rings. The van der Waals surface area contributed by atoms with Crippen LogP contribution >= 0.6 is 0 Å². The molecule has 2 aromatic carbocycles. The Balaban J connectivity index is 1.68. The summed E-state index contributed by atoms with van der Waals surface area (Å²) < 4.78 is 10.3. The van der Waals surface area contributed by atoms with E-state index in [1.807, 2.05) is 38.1 Å². The number of rotatable bonds is 7. The zero-order valence-electron chi connectivity index (χ0n) is 16.6. The molecule has 0 radical (unpaired) electrons. The van der Waals surface area contributed by atoms with Gasteiger partial charge in [-0.15, -0.1) is 0 Å². The maximum absolute atomic E-state index is 12.4. The molecule has 28 heavy (non-hydrogen) atoms. The van der Waals surface area contributed by atoms with Crippen LogP contribution in [0.5, 0.6) is 0 Å². The molecule has 0 bridgehead atoms. The number of fused-ring (bicyclic) bond motifs is 3. The third-order valence-electron chi connectivity index (χ3n) is 5.59. The van der Waals surface area contributed by atoms with Gasteiger partial charge in [-0.2, -0.15) is 0 Å². The molecule has 5 heteroatoms. The first-order valence-corrected chi connectivity index (χ1v) is 9.73. The van der Waals surface area contributed by atoms with Gasteiger partial charge >= 0.3 is 12.1 Å². The van der Waals surface area contributed by atoms with Gasteiger partial charge in [0, 0.05) is 12.0 Å². The highest BCUT2D eigenvalue weighted by atomic mass is 16.5. The average molecular weight is 381 g/mol. The minimum Gasteiger partial charge on any atom is -0.469 e. The lowest BCUT2D eigenvalue weighted by Gasteiger charge is -2.23. The number of hydrogen-bond donors (Lipinski definition) is 1. The van der Waals surface area contributed by atoms with Crippen molar-refractivity contribution in [2.75, 3.05) is 13.7 Å². The van der Waals surface area contributed by atoms with Crippen LogP contribution in [-0.2, 0) is 14.3 Å². The third-order valence-corrected chi connectivity index (χ3v) is 5.59. The number of esters is 1. The molecule has 0 fully saturated rings. The summed E-state index contributed by atoms with van der Waals surface area (Å²) in [6.07, 6.45) is 0.470. The second-order valence-electron chi connectivity index (χ2n) is 7.24. The van der Waals surface area contributed by atoms with Crippen LogP contribution in [0.25, 0.3) is 11.1 Å². The lowest BCUT2D eigenvalue weighted by molar-refractivity contribution is -0.141. The second-order valence-corrected chi connectivity index (χ2v) is 7.24. The summed E-state index contributed by atoms with van der Waals surface area (Å²) in [5, 5.41) is 2.84. The molecule has 5 nitrogen and oxygen atoms in total. The van der Waals surface area contributed by atoms with Crippen LogP contribution in [0.2, 0.25) is 0 Å². The van der Waals surface area contributed by atoms with E-state index < -0.39 is 6.09 Å². The Kier molecular flexibility index (Phi) is 6.34. The van der Waals surface area contributed by atoms with Gasteiger partial charge in [0.05, 0.1) is 13.5 Å². The molecule has 2 atom stereocenters. The van der Waals surface area contributed by atoms with Crippen molar-refractivity contribution in [1.29, 1.82) is 0 Å². The van der Waals surface area contributed by atoms with Gasteiger partial charge in [0.1, 0.15) is 6.61 Å². The Bertz CT molecular complexity index is 803. The number of carbonyl (C=O) groups excluding carboxylic acids is 2. The van der Waals surface area contributed by atoms with E-state index in [9.17, 15) is 9.59 Å². The Morgan fingerprint density at radius 1 is 1.04 bits per heavy atom. The molecule has 0 saturated heterocycles. The molecule has 0 aliphatic heterocycles. The minimum absolute atomic E-state index is 0.0146. The first-order valence-electron chi connectivity index (χ1n) is 9.73. The van der Waals surface area contributed by atoms with Gasteiger partial charge in [-0.3, -0.25) is 4.79 Å². The van der Waals surface area contributed by atoms with Crippen molar-refractivity contribution in [3.05, 3.63) is 59.7 Å². The number of hydrogen-bond acceptors (Lipinski definition) is 4. The Morgan fingerprint density at radius 2 is 1.61 bits per heavy atom. The van der Waals surface area contributed by atoms with Crippen molar-refractivity contribution in [2.24, 2.45) is 5.92 Å². The predicted octanol–water partition coefficient (Wildman–Crippen LogP) is 4.50. The predicted molar refractivity (Wildman–Crippen MR) is 108 cm³/mol. The van der Waals surface area contributed by atoms with Crippen LogP contribution < -0.4 is 5.32 Å². The molecule has 0 spiro atoms. The van der Waals surface area contributed by atoms with Gasteiger partial charge < -0.3 is 14.8 Å². The fraction of sp³-hybridized carbons (Fsp3) is 0.391. The normalized spacial score (nSPS) is 14.5. The molecule has 0 aromatic heterocycles. The monoisotopic (exact) mass is 381 g/mol. The number of methoxy groups -OCH3 is 1. The molecule has 148 valence electrons. The van der Waals surface area contributed by atoms with Crippen LogP contribution in [0.15, 0.2) is 48.5 Å². The summed E-state index contributed by atoms with van der Waals surface area (Å²) in [7, 11) is 1.35. The van der Waals surface area contributed by atoms with Crippen LogP contribution in [0.3, 0.4) is 0 Å². The van der Waals surface area contributed by atoms with Crippen molar-refractivity contribution in [3.8, 4) is 11.1 Å². The van der Waals surface area contributed by atoms with Crippen LogP contribution in [0.1, 0.15) is 43.7 Å². The number of alkyl carbamates (subject to hydrolysis) is 1. The quantitative estimate of drug-likeness (QED) is 0.717. The number of benzene rings is 2. The Labute approximate surface area is 166 Å². The van der Waals surface area contributed by atoms with Crippen molar-refractivity contribution in [3.63, 3.8) is 0 Å². The van der Waals surface area contributed by atoms with Gasteiger partial charge in [0.25, 0.3) is 0 Å². The van der Waals surface area contributed by atoms with Crippen molar-refractivity contribution >= 4 is 12.1 Å². The summed E-state index contributed by atoms with van der Waals surface area (Å²) in [6.45, 7) is 4.27. The van der Waals surface area contributed by atoms with E-state index in [0.29, 0.717) is 0 Å². The minimum atomic E-state index is -0.504. The van der Waals surface area contributed by atoms with Gasteiger partial charge in [0.2, 0.25) is 0 Å². The molecule has 0 saturated carbocycles. The highest BCUT2D eigenvalue weighted by Crippen LogP contribution is 2.44. The Morgan fingerprint density at radius 3 is 2.14 bits per heavy atom. The molecule has 1 N–H and O–H groups in total. The van der Waals surface area contributed by atoms with Gasteiger partial charge in [-0.05, 0) is 28.2 Å². The molecular weight excluding hydrogens is 354 g/mol. The van der Waals surface area contributed by atoms with E-state index in [0.717, 1.165) is 6.42 Å². The first-order chi connectivity index (χ1) is 13.5. The van der Waals surface area contributed by atoms with Gasteiger partial charge in [-0.1, -0.05) is 68.8 Å². The highest BCUT2D eigenvalue weighted by Gasteiger charge is 2.29. The zero-order valence-corrected chi connectivity index (χ0v) is 16.6. The van der Waals surface area contributed by atoms with E-state index in [-0.39, 0.29) is 36.9 Å². The molecule has 1 aliphatic carbocycles.